The molecule has 0 atom stereocenters. The fraction of sp³-hybridized carbons (Fsp3) is 0.444. The highest BCUT2D eigenvalue weighted by molar-refractivity contribution is 5.91. The second-order valence-corrected chi connectivity index (χ2v) is 2.89. The SMILES string of the molecule is C=CCN(CCOC)C(=O)c1cn[nH]n1. The monoisotopic (exact) mass is 210 g/mol. The minimum absolute atomic E-state index is 0.180. The average Bonchev–Trinajstić information content (AvgIpc) is 2.76. The van der Waals surface area contributed by atoms with E-state index in [1.54, 1.807) is 18.1 Å². The van der Waals surface area contributed by atoms with Gasteiger partial charge in [-0.15, -0.1) is 6.58 Å². The van der Waals surface area contributed by atoms with E-state index in [0.29, 0.717) is 25.4 Å². The van der Waals surface area contributed by atoms with Crippen molar-refractivity contribution in [2.75, 3.05) is 26.8 Å². The Bertz CT molecular complexity index is 310. The molecular formula is C9H14N4O2. The van der Waals surface area contributed by atoms with Crippen LogP contribution in [0.3, 0.4) is 0 Å². The number of amides is 1. The maximum absolute atomic E-state index is 11.8. The largest absolute Gasteiger partial charge is 0.383 e. The van der Waals surface area contributed by atoms with E-state index >= 15 is 0 Å². The van der Waals surface area contributed by atoms with Crippen LogP contribution in [-0.2, 0) is 4.74 Å². The molecule has 0 fully saturated rings. The molecular weight excluding hydrogens is 196 g/mol. The van der Waals surface area contributed by atoms with Crippen LogP contribution in [0.1, 0.15) is 10.5 Å². The van der Waals surface area contributed by atoms with E-state index in [0.717, 1.165) is 0 Å². The van der Waals surface area contributed by atoms with Crippen LogP contribution in [-0.4, -0.2) is 53.0 Å². The summed E-state index contributed by atoms with van der Waals surface area (Å²) in [5, 5.41) is 9.71. The van der Waals surface area contributed by atoms with Crippen molar-refractivity contribution in [2.24, 2.45) is 0 Å². The van der Waals surface area contributed by atoms with Crippen LogP contribution in [0, 0.1) is 0 Å². The van der Waals surface area contributed by atoms with Crippen molar-refractivity contribution >= 4 is 5.91 Å². The molecule has 0 spiro atoms. The van der Waals surface area contributed by atoms with E-state index in [1.165, 1.54) is 6.20 Å². The van der Waals surface area contributed by atoms with Gasteiger partial charge in [0.2, 0.25) is 0 Å². The van der Waals surface area contributed by atoms with Crippen molar-refractivity contribution in [3.05, 3.63) is 24.5 Å². The van der Waals surface area contributed by atoms with Gasteiger partial charge in [-0.2, -0.15) is 15.4 Å². The summed E-state index contributed by atoms with van der Waals surface area (Å²) in [6.45, 7) is 5.05. The van der Waals surface area contributed by atoms with E-state index in [2.05, 4.69) is 22.0 Å². The minimum atomic E-state index is -0.180. The van der Waals surface area contributed by atoms with Gasteiger partial charge in [-0.1, -0.05) is 6.08 Å². The van der Waals surface area contributed by atoms with Crippen molar-refractivity contribution in [2.45, 2.75) is 0 Å². The van der Waals surface area contributed by atoms with Gasteiger partial charge in [0.15, 0.2) is 5.69 Å². The van der Waals surface area contributed by atoms with Crippen molar-refractivity contribution < 1.29 is 9.53 Å². The molecule has 0 radical (unpaired) electrons. The van der Waals surface area contributed by atoms with E-state index in [1.807, 2.05) is 0 Å². The summed E-state index contributed by atoms with van der Waals surface area (Å²) in [6, 6.07) is 0. The third-order valence-electron chi connectivity index (χ3n) is 1.84. The first kappa shape index (κ1) is 11.4. The Kier molecular flexibility index (Phi) is 4.49. The molecule has 0 aliphatic heterocycles. The van der Waals surface area contributed by atoms with Crippen LogP contribution < -0.4 is 0 Å². The molecule has 6 heteroatoms. The van der Waals surface area contributed by atoms with Gasteiger partial charge in [0.05, 0.1) is 12.8 Å². The van der Waals surface area contributed by atoms with Gasteiger partial charge in [0.1, 0.15) is 0 Å². The van der Waals surface area contributed by atoms with Crippen molar-refractivity contribution in [1.29, 1.82) is 0 Å². The normalized spacial score (nSPS) is 9.93. The Balaban J connectivity index is 2.62. The molecule has 0 aromatic carbocycles. The summed E-state index contributed by atoms with van der Waals surface area (Å²) < 4.78 is 4.91. The van der Waals surface area contributed by atoms with Crippen molar-refractivity contribution in [3.8, 4) is 0 Å². The second kappa shape index (κ2) is 5.92. The summed E-state index contributed by atoms with van der Waals surface area (Å²) in [5.74, 6) is -0.180. The lowest BCUT2D eigenvalue weighted by atomic mass is 10.3. The molecule has 1 N–H and O–H groups in total. The first-order chi connectivity index (χ1) is 7.29. The van der Waals surface area contributed by atoms with E-state index < -0.39 is 0 Å². The van der Waals surface area contributed by atoms with Crippen LogP contribution >= 0.6 is 0 Å². The highest BCUT2D eigenvalue weighted by Crippen LogP contribution is 1.99. The second-order valence-electron chi connectivity index (χ2n) is 2.89. The average molecular weight is 210 g/mol. The number of nitrogens with zero attached hydrogens (tertiary/aromatic N) is 3. The Morgan fingerprint density at radius 2 is 2.60 bits per heavy atom. The number of carbonyl (C=O) groups is 1. The highest BCUT2D eigenvalue weighted by atomic mass is 16.5. The molecule has 0 unspecified atom stereocenters. The fourth-order valence-corrected chi connectivity index (χ4v) is 1.10. The van der Waals surface area contributed by atoms with Gasteiger partial charge >= 0.3 is 0 Å². The van der Waals surface area contributed by atoms with Gasteiger partial charge < -0.3 is 9.64 Å². The molecule has 1 heterocycles. The van der Waals surface area contributed by atoms with E-state index in [9.17, 15) is 4.79 Å². The van der Waals surface area contributed by atoms with Gasteiger partial charge in [-0.25, -0.2) is 0 Å². The lowest BCUT2D eigenvalue weighted by molar-refractivity contribution is 0.0712. The number of hydrogen-bond acceptors (Lipinski definition) is 4. The summed E-state index contributed by atoms with van der Waals surface area (Å²) in [7, 11) is 1.59. The molecule has 0 bridgehead atoms. The number of carbonyl (C=O) groups excluding carboxylic acids is 1. The Hall–Kier alpha value is -1.69. The zero-order valence-electron chi connectivity index (χ0n) is 8.64. The standard InChI is InChI=1S/C9H14N4O2/c1-3-4-13(5-6-15-2)9(14)8-7-10-12-11-8/h3,7H,1,4-6H2,2H3,(H,10,11,12). The van der Waals surface area contributed by atoms with Gasteiger partial charge in [-0.05, 0) is 0 Å². The summed E-state index contributed by atoms with van der Waals surface area (Å²) in [6.07, 6.45) is 3.05. The van der Waals surface area contributed by atoms with E-state index in [4.69, 9.17) is 4.74 Å². The number of ether oxygens (including phenoxy) is 1. The molecule has 1 rings (SSSR count). The summed E-state index contributed by atoms with van der Waals surface area (Å²) in [4.78, 5) is 13.4. The van der Waals surface area contributed by atoms with Gasteiger partial charge in [-0.3, -0.25) is 4.79 Å². The molecule has 0 aliphatic carbocycles. The fourth-order valence-electron chi connectivity index (χ4n) is 1.10. The summed E-state index contributed by atoms with van der Waals surface area (Å²) in [5.41, 5.74) is 0.299. The quantitative estimate of drug-likeness (QED) is 0.675. The molecule has 6 nitrogen and oxygen atoms in total. The highest BCUT2D eigenvalue weighted by Gasteiger charge is 2.16. The molecule has 1 aromatic rings. The first-order valence-corrected chi connectivity index (χ1v) is 4.54. The van der Waals surface area contributed by atoms with Gasteiger partial charge in [0, 0.05) is 20.2 Å². The zero-order valence-corrected chi connectivity index (χ0v) is 8.64. The summed E-state index contributed by atoms with van der Waals surface area (Å²) >= 11 is 0. The number of rotatable bonds is 6. The van der Waals surface area contributed by atoms with E-state index in [-0.39, 0.29) is 5.91 Å². The third-order valence-corrected chi connectivity index (χ3v) is 1.84. The smallest absolute Gasteiger partial charge is 0.276 e. The van der Waals surface area contributed by atoms with Crippen molar-refractivity contribution in [1.82, 2.24) is 20.3 Å². The first-order valence-electron chi connectivity index (χ1n) is 4.54. The Morgan fingerprint density at radius 3 is 3.13 bits per heavy atom. The molecule has 0 saturated carbocycles. The minimum Gasteiger partial charge on any atom is -0.383 e. The number of aromatic nitrogens is 3. The number of aromatic amines is 1. The van der Waals surface area contributed by atoms with Crippen LogP contribution in [0.25, 0.3) is 0 Å². The number of methoxy groups -OCH3 is 1. The Morgan fingerprint density at radius 1 is 1.80 bits per heavy atom. The molecule has 1 amide bonds. The molecule has 1 aromatic heterocycles. The topological polar surface area (TPSA) is 71.1 Å². The lowest BCUT2D eigenvalue weighted by Crippen LogP contribution is -2.34. The maximum Gasteiger partial charge on any atom is 0.276 e. The lowest BCUT2D eigenvalue weighted by Gasteiger charge is -2.18. The predicted octanol–water partition coefficient (Wildman–Crippen LogP) is 0.0793. The maximum atomic E-state index is 11.8. The molecule has 15 heavy (non-hydrogen) atoms. The zero-order chi connectivity index (χ0) is 11.1. The van der Waals surface area contributed by atoms with Crippen LogP contribution in [0.15, 0.2) is 18.9 Å². The van der Waals surface area contributed by atoms with Gasteiger partial charge in [0.25, 0.3) is 5.91 Å². The van der Waals surface area contributed by atoms with Crippen LogP contribution in [0.2, 0.25) is 0 Å². The Labute approximate surface area is 87.9 Å². The number of hydrogen-bond donors (Lipinski definition) is 1. The number of H-pyrrole nitrogens is 1. The van der Waals surface area contributed by atoms with Crippen LogP contribution in [0.4, 0.5) is 0 Å². The number of nitrogens with one attached hydrogen (secondary N) is 1. The predicted molar refractivity (Wildman–Crippen MR) is 54.4 cm³/mol. The molecule has 0 saturated heterocycles. The van der Waals surface area contributed by atoms with Crippen LogP contribution in [0.5, 0.6) is 0 Å². The third kappa shape index (κ3) is 3.17. The molecule has 0 aliphatic rings. The van der Waals surface area contributed by atoms with Crippen molar-refractivity contribution in [3.63, 3.8) is 0 Å². The molecule has 82 valence electrons.